The van der Waals surface area contributed by atoms with Crippen molar-refractivity contribution in [3.8, 4) is 0 Å². The molecule has 0 rings (SSSR count). The third kappa shape index (κ3) is 5.70. The molecule has 3 nitrogen and oxygen atoms in total. The van der Waals surface area contributed by atoms with Gasteiger partial charge in [0.1, 0.15) is 0 Å². The second kappa shape index (κ2) is 8.82. The minimum atomic E-state index is -0.309. The van der Waals surface area contributed by atoms with E-state index in [9.17, 15) is 4.79 Å². The molecule has 0 saturated heterocycles. The number of nitrogens with one attached hydrogen (secondary N) is 1. The largest absolute Gasteiger partial charge is 0.393 e. The molecule has 0 fully saturated rings. The maximum absolute atomic E-state index is 11.9. The fraction of sp³-hybridized carbons (Fsp3) is 0.818. The molecule has 16 heavy (non-hydrogen) atoms. The zero-order chi connectivity index (χ0) is 12.6. The minimum absolute atomic E-state index is 0.0183. The molecule has 0 saturated carbocycles. The molecule has 3 N–H and O–H groups in total. The first-order chi connectivity index (χ1) is 7.56. The Kier molecular flexibility index (Phi) is 8.66. The number of thiocarbonyl (C=S) groups is 1. The quantitative estimate of drug-likeness (QED) is 0.657. The summed E-state index contributed by atoms with van der Waals surface area (Å²) in [5.41, 5.74) is 5.58. The van der Waals surface area contributed by atoms with Crippen molar-refractivity contribution in [2.45, 2.75) is 39.2 Å². The van der Waals surface area contributed by atoms with Crippen LogP contribution in [0.3, 0.4) is 0 Å². The van der Waals surface area contributed by atoms with Crippen molar-refractivity contribution in [2.75, 3.05) is 12.0 Å². The summed E-state index contributed by atoms with van der Waals surface area (Å²) in [7, 11) is 0. The van der Waals surface area contributed by atoms with Crippen LogP contribution < -0.4 is 11.1 Å². The lowest BCUT2D eigenvalue weighted by atomic mass is 10.0. The van der Waals surface area contributed by atoms with Crippen molar-refractivity contribution in [1.29, 1.82) is 0 Å². The Morgan fingerprint density at radius 1 is 1.50 bits per heavy atom. The molecule has 0 bridgehead atoms. The topological polar surface area (TPSA) is 55.1 Å². The molecule has 0 radical (unpaired) electrons. The molecule has 2 atom stereocenters. The van der Waals surface area contributed by atoms with E-state index >= 15 is 0 Å². The second-order valence-corrected chi connectivity index (χ2v) is 5.19. The molecule has 0 aliphatic carbocycles. The highest BCUT2D eigenvalue weighted by molar-refractivity contribution is 7.98. The summed E-state index contributed by atoms with van der Waals surface area (Å²) in [6, 6.07) is 0.219. The Morgan fingerprint density at radius 2 is 2.12 bits per heavy atom. The lowest BCUT2D eigenvalue weighted by Gasteiger charge is -2.20. The zero-order valence-electron chi connectivity index (χ0n) is 10.3. The van der Waals surface area contributed by atoms with E-state index in [0.29, 0.717) is 4.99 Å². The number of carbonyl (C=O) groups is 1. The van der Waals surface area contributed by atoms with Gasteiger partial charge in [-0.1, -0.05) is 32.5 Å². The molecule has 2 unspecified atom stereocenters. The molecule has 0 aliphatic rings. The Balaban J connectivity index is 4.32. The van der Waals surface area contributed by atoms with Crippen LogP contribution in [0.25, 0.3) is 0 Å². The van der Waals surface area contributed by atoms with Crippen LogP contribution in [-0.2, 0) is 4.79 Å². The standard InChI is InChI=1S/C11H22N2OS2/c1-4-6-9(10(12)15)11(14)13-8(5-2)7-16-3/h8-9H,4-7H2,1-3H3,(H2,12,15)(H,13,14). The van der Waals surface area contributed by atoms with Gasteiger partial charge in [0, 0.05) is 11.8 Å². The highest BCUT2D eigenvalue weighted by Gasteiger charge is 2.22. The lowest BCUT2D eigenvalue weighted by molar-refractivity contribution is -0.123. The van der Waals surface area contributed by atoms with Gasteiger partial charge in [0.2, 0.25) is 5.91 Å². The molecule has 5 heteroatoms. The van der Waals surface area contributed by atoms with Crippen molar-refractivity contribution in [3.05, 3.63) is 0 Å². The Labute approximate surface area is 108 Å². The fourth-order valence-electron chi connectivity index (χ4n) is 1.46. The number of carbonyl (C=O) groups excluding carboxylic acids is 1. The van der Waals surface area contributed by atoms with E-state index in [0.717, 1.165) is 25.0 Å². The van der Waals surface area contributed by atoms with Gasteiger partial charge >= 0.3 is 0 Å². The van der Waals surface area contributed by atoms with E-state index in [1.54, 1.807) is 11.8 Å². The molecule has 1 amide bonds. The molecule has 0 spiro atoms. The van der Waals surface area contributed by atoms with Gasteiger partial charge in [0.15, 0.2) is 0 Å². The maximum atomic E-state index is 11.9. The number of thioether (sulfide) groups is 1. The summed E-state index contributed by atoms with van der Waals surface area (Å²) in [6.07, 6.45) is 4.61. The van der Waals surface area contributed by atoms with Crippen LogP contribution in [0.15, 0.2) is 0 Å². The molecule has 0 heterocycles. The van der Waals surface area contributed by atoms with Crippen molar-refractivity contribution in [3.63, 3.8) is 0 Å². The number of hydrogen-bond donors (Lipinski definition) is 2. The number of hydrogen-bond acceptors (Lipinski definition) is 3. The Morgan fingerprint density at radius 3 is 2.50 bits per heavy atom. The van der Waals surface area contributed by atoms with Crippen LogP contribution in [0.1, 0.15) is 33.1 Å². The van der Waals surface area contributed by atoms with Crippen LogP contribution in [0, 0.1) is 5.92 Å². The normalized spacial score (nSPS) is 14.2. The summed E-state index contributed by atoms with van der Waals surface area (Å²) in [6.45, 7) is 4.09. The van der Waals surface area contributed by atoms with Crippen molar-refractivity contribution in [1.82, 2.24) is 5.32 Å². The SMILES string of the molecule is CCCC(C(=O)NC(CC)CSC)C(N)=S. The van der Waals surface area contributed by atoms with Gasteiger partial charge in [0.25, 0.3) is 0 Å². The second-order valence-electron chi connectivity index (χ2n) is 3.81. The van der Waals surface area contributed by atoms with Crippen LogP contribution in [0.2, 0.25) is 0 Å². The molecular formula is C11H22N2OS2. The Bertz CT molecular complexity index is 234. The van der Waals surface area contributed by atoms with Gasteiger partial charge < -0.3 is 11.1 Å². The molecule has 94 valence electrons. The lowest BCUT2D eigenvalue weighted by Crippen LogP contribution is -2.43. The van der Waals surface area contributed by atoms with Gasteiger partial charge in [-0.25, -0.2) is 0 Å². The average Bonchev–Trinajstić information content (AvgIpc) is 2.24. The van der Waals surface area contributed by atoms with Crippen LogP contribution in [-0.4, -0.2) is 28.9 Å². The van der Waals surface area contributed by atoms with E-state index in [2.05, 4.69) is 12.2 Å². The van der Waals surface area contributed by atoms with Crippen LogP contribution in [0.5, 0.6) is 0 Å². The third-order valence-electron chi connectivity index (χ3n) is 2.44. The first-order valence-electron chi connectivity index (χ1n) is 5.65. The average molecular weight is 262 g/mol. The van der Waals surface area contributed by atoms with Gasteiger partial charge in [-0.2, -0.15) is 11.8 Å². The number of nitrogens with two attached hydrogens (primary N) is 1. The number of rotatable bonds is 8. The van der Waals surface area contributed by atoms with E-state index in [1.165, 1.54) is 0 Å². The Hall–Kier alpha value is -0.290. The molecule has 0 aromatic rings. The van der Waals surface area contributed by atoms with E-state index in [-0.39, 0.29) is 17.9 Å². The van der Waals surface area contributed by atoms with E-state index < -0.39 is 0 Å². The van der Waals surface area contributed by atoms with Gasteiger partial charge in [-0.15, -0.1) is 0 Å². The van der Waals surface area contributed by atoms with Crippen LogP contribution >= 0.6 is 24.0 Å². The highest BCUT2D eigenvalue weighted by atomic mass is 32.2. The number of amides is 1. The van der Waals surface area contributed by atoms with Gasteiger partial charge in [0.05, 0.1) is 10.9 Å². The molecule has 0 aromatic carbocycles. The zero-order valence-corrected chi connectivity index (χ0v) is 11.9. The molecule has 0 aliphatic heterocycles. The summed E-state index contributed by atoms with van der Waals surface area (Å²) < 4.78 is 0. The summed E-state index contributed by atoms with van der Waals surface area (Å²) in [5.74, 6) is 0.601. The maximum Gasteiger partial charge on any atom is 0.230 e. The predicted molar refractivity (Wildman–Crippen MR) is 75.8 cm³/mol. The first kappa shape index (κ1) is 15.7. The van der Waals surface area contributed by atoms with Crippen molar-refractivity contribution >= 4 is 34.9 Å². The van der Waals surface area contributed by atoms with Crippen molar-refractivity contribution in [2.24, 2.45) is 11.7 Å². The van der Waals surface area contributed by atoms with Crippen molar-refractivity contribution < 1.29 is 4.79 Å². The van der Waals surface area contributed by atoms with E-state index in [1.807, 2.05) is 13.2 Å². The van der Waals surface area contributed by atoms with E-state index in [4.69, 9.17) is 18.0 Å². The highest BCUT2D eigenvalue weighted by Crippen LogP contribution is 2.09. The minimum Gasteiger partial charge on any atom is -0.393 e. The fourth-order valence-corrected chi connectivity index (χ4v) is 2.40. The van der Waals surface area contributed by atoms with Gasteiger partial charge in [-0.3, -0.25) is 4.79 Å². The third-order valence-corrected chi connectivity index (χ3v) is 3.46. The molecule has 0 aromatic heterocycles. The van der Waals surface area contributed by atoms with Gasteiger partial charge in [-0.05, 0) is 19.1 Å². The first-order valence-corrected chi connectivity index (χ1v) is 7.45. The smallest absolute Gasteiger partial charge is 0.230 e. The summed E-state index contributed by atoms with van der Waals surface area (Å²) in [5, 5.41) is 3.01. The monoisotopic (exact) mass is 262 g/mol. The predicted octanol–water partition coefficient (Wildman–Crippen LogP) is 1.95. The summed E-state index contributed by atoms with van der Waals surface area (Å²) >= 11 is 6.66. The molecular weight excluding hydrogens is 240 g/mol. The summed E-state index contributed by atoms with van der Waals surface area (Å²) in [4.78, 5) is 12.2. The van der Waals surface area contributed by atoms with Crippen LogP contribution in [0.4, 0.5) is 0 Å².